The SMILES string of the molecule is BrCc1cc[c-]cc1.[Y]. The van der Waals surface area contributed by atoms with E-state index < -0.39 is 0 Å². The van der Waals surface area contributed by atoms with Crippen LogP contribution < -0.4 is 0 Å². The van der Waals surface area contributed by atoms with Crippen LogP contribution in [0.25, 0.3) is 0 Å². The molecule has 1 aromatic rings. The first kappa shape index (κ1) is 9.80. The van der Waals surface area contributed by atoms with E-state index in [9.17, 15) is 0 Å². The summed E-state index contributed by atoms with van der Waals surface area (Å²) in [6.45, 7) is 0. The predicted molar refractivity (Wildman–Crippen MR) is 37.9 cm³/mol. The van der Waals surface area contributed by atoms with Gasteiger partial charge in [0.25, 0.3) is 0 Å². The Morgan fingerprint density at radius 1 is 1.33 bits per heavy atom. The van der Waals surface area contributed by atoms with Crippen LogP contribution in [0.5, 0.6) is 0 Å². The van der Waals surface area contributed by atoms with Crippen molar-refractivity contribution in [1.29, 1.82) is 0 Å². The van der Waals surface area contributed by atoms with Crippen LogP contribution in [0, 0.1) is 6.07 Å². The molecule has 0 N–H and O–H groups in total. The second-order valence-corrected chi connectivity index (χ2v) is 2.10. The summed E-state index contributed by atoms with van der Waals surface area (Å²) in [5.74, 6) is 0. The van der Waals surface area contributed by atoms with Crippen molar-refractivity contribution < 1.29 is 32.7 Å². The smallest absolute Gasteiger partial charge is 0.00603 e. The Bertz CT molecular complexity index is 150. The van der Waals surface area contributed by atoms with E-state index >= 15 is 0 Å². The maximum absolute atomic E-state index is 3.34. The van der Waals surface area contributed by atoms with E-state index in [0.29, 0.717) is 0 Å². The molecule has 1 radical (unpaired) electrons. The molecule has 0 bridgehead atoms. The number of halogens is 1. The Morgan fingerprint density at radius 2 is 1.89 bits per heavy atom. The Hall–Kier alpha value is 0.804. The average Bonchev–Trinajstić information content (AvgIpc) is 1.90. The third-order valence-corrected chi connectivity index (χ3v) is 1.59. The molecule has 0 aliphatic heterocycles. The molecule has 0 aliphatic rings. The third-order valence-electron chi connectivity index (χ3n) is 0.942. The van der Waals surface area contributed by atoms with Gasteiger partial charge >= 0.3 is 0 Å². The van der Waals surface area contributed by atoms with Crippen LogP contribution in [0.1, 0.15) is 5.56 Å². The van der Waals surface area contributed by atoms with E-state index in [4.69, 9.17) is 0 Å². The summed E-state index contributed by atoms with van der Waals surface area (Å²) in [6, 6.07) is 10.8. The van der Waals surface area contributed by atoms with Crippen molar-refractivity contribution in [2.45, 2.75) is 5.33 Å². The fraction of sp³-hybridized carbons (Fsp3) is 0.143. The molecule has 0 atom stereocenters. The van der Waals surface area contributed by atoms with Crippen LogP contribution in [0.15, 0.2) is 24.3 Å². The number of rotatable bonds is 1. The second-order valence-electron chi connectivity index (χ2n) is 1.54. The zero-order valence-corrected chi connectivity index (χ0v) is 9.40. The van der Waals surface area contributed by atoms with Gasteiger partial charge < -0.3 is 0 Å². The minimum atomic E-state index is 0. The van der Waals surface area contributed by atoms with Crippen LogP contribution in [0.4, 0.5) is 0 Å². The molecule has 0 spiro atoms. The monoisotopic (exact) mass is 258 g/mol. The third kappa shape index (κ3) is 3.49. The summed E-state index contributed by atoms with van der Waals surface area (Å²) < 4.78 is 0. The molecular formula is C7H6BrY-. The van der Waals surface area contributed by atoms with E-state index in [-0.39, 0.29) is 32.7 Å². The van der Waals surface area contributed by atoms with Crippen molar-refractivity contribution in [3.8, 4) is 0 Å². The zero-order valence-electron chi connectivity index (χ0n) is 4.97. The van der Waals surface area contributed by atoms with Crippen LogP contribution in [0.2, 0.25) is 0 Å². The van der Waals surface area contributed by atoms with Crippen molar-refractivity contribution in [3.05, 3.63) is 35.9 Å². The van der Waals surface area contributed by atoms with Crippen LogP contribution in [-0.2, 0) is 38.0 Å². The molecule has 0 unspecified atom stereocenters. The van der Waals surface area contributed by atoms with E-state index in [1.807, 2.05) is 24.3 Å². The largest absolute Gasteiger partial charge is 0.184 e. The average molecular weight is 259 g/mol. The number of hydrogen-bond acceptors (Lipinski definition) is 0. The van der Waals surface area contributed by atoms with Crippen molar-refractivity contribution >= 4 is 15.9 Å². The van der Waals surface area contributed by atoms with E-state index in [2.05, 4.69) is 22.0 Å². The summed E-state index contributed by atoms with van der Waals surface area (Å²) in [4.78, 5) is 0. The first-order valence-corrected chi connectivity index (χ1v) is 3.56. The maximum Gasteiger partial charge on any atom is 0.00603 e. The minimum absolute atomic E-state index is 0. The molecule has 0 saturated carbocycles. The molecule has 45 valence electrons. The second kappa shape index (κ2) is 5.58. The molecule has 0 aromatic heterocycles. The first-order chi connectivity index (χ1) is 3.93. The zero-order chi connectivity index (χ0) is 5.82. The Balaban J connectivity index is 0.000000640. The molecule has 1 rings (SSSR count). The molecule has 0 fully saturated rings. The molecule has 1 aromatic carbocycles. The van der Waals surface area contributed by atoms with Gasteiger partial charge in [-0.2, -0.15) is 30.3 Å². The van der Waals surface area contributed by atoms with Gasteiger partial charge in [-0.05, 0) is 0 Å². The van der Waals surface area contributed by atoms with Gasteiger partial charge in [0.1, 0.15) is 0 Å². The van der Waals surface area contributed by atoms with Gasteiger partial charge in [-0.3, -0.25) is 0 Å². The van der Waals surface area contributed by atoms with Crippen LogP contribution >= 0.6 is 15.9 Å². The molecule has 0 aliphatic carbocycles. The number of hydrogen-bond donors (Lipinski definition) is 0. The normalized spacial score (nSPS) is 8.11. The topological polar surface area (TPSA) is 0 Å². The summed E-state index contributed by atoms with van der Waals surface area (Å²) in [7, 11) is 0. The van der Waals surface area contributed by atoms with Gasteiger partial charge in [-0.1, -0.05) is 15.9 Å². The van der Waals surface area contributed by atoms with Gasteiger partial charge in [0, 0.05) is 38.0 Å². The number of alkyl halides is 1. The van der Waals surface area contributed by atoms with Gasteiger partial charge in [0.05, 0.1) is 0 Å². The fourth-order valence-electron chi connectivity index (χ4n) is 0.510. The van der Waals surface area contributed by atoms with Crippen molar-refractivity contribution in [1.82, 2.24) is 0 Å². The van der Waals surface area contributed by atoms with E-state index in [1.165, 1.54) is 5.56 Å². The first-order valence-electron chi connectivity index (χ1n) is 2.44. The summed E-state index contributed by atoms with van der Waals surface area (Å²) >= 11 is 3.34. The quantitative estimate of drug-likeness (QED) is 0.536. The van der Waals surface area contributed by atoms with E-state index in [0.717, 1.165) is 5.33 Å². The van der Waals surface area contributed by atoms with Gasteiger partial charge in [-0.15, -0.1) is 5.56 Å². The van der Waals surface area contributed by atoms with Crippen LogP contribution in [-0.4, -0.2) is 0 Å². The molecular weight excluding hydrogens is 253 g/mol. The molecule has 0 heterocycles. The van der Waals surface area contributed by atoms with Gasteiger partial charge in [-0.25, -0.2) is 0 Å². The summed E-state index contributed by atoms with van der Waals surface area (Å²) in [6.07, 6.45) is 0. The van der Waals surface area contributed by atoms with E-state index in [1.54, 1.807) is 0 Å². The Kier molecular flexibility index (Phi) is 6.08. The maximum atomic E-state index is 3.34. The molecule has 0 nitrogen and oxygen atoms in total. The number of benzene rings is 1. The van der Waals surface area contributed by atoms with Crippen molar-refractivity contribution in [2.75, 3.05) is 0 Å². The molecule has 0 amide bonds. The van der Waals surface area contributed by atoms with Crippen molar-refractivity contribution in [2.24, 2.45) is 0 Å². The summed E-state index contributed by atoms with van der Waals surface area (Å²) in [5.41, 5.74) is 1.30. The molecule has 9 heavy (non-hydrogen) atoms. The molecule has 0 saturated heterocycles. The standard InChI is InChI=1S/C7H6Br.Y/c8-6-7-4-2-1-3-5-7;/h2-5H,6H2;/q-1;. The Labute approximate surface area is 89.0 Å². The molecule has 2 heteroatoms. The summed E-state index contributed by atoms with van der Waals surface area (Å²) in [5, 5.41) is 0.932. The predicted octanol–water partition coefficient (Wildman–Crippen LogP) is 2.38. The minimum Gasteiger partial charge on any atom is -0.184 e. The van der Waals surface area contributed by atoms with Crippen molar-refractivity contribution in [3.63, 3.8) is 0 Å². The fourth-order valence-corrected chi connectivity index (χ4v) is 0.884. The van der Waals surface area contributed by atoms with Crippen LogP contribution in [0.3, 0.4) is 0 Å². The van der Waals surface area contributed by atoms with Gasteiger partial charge in [0.15, 0.2) is 0 Å². The van der Waals surface area contributed by atoms with Gasteiger partial charge in [0.2, 0.25) is 0 Å². The Morgan fingerprint density at radius 3 is 2.22 bits per heavy atom.